The van der Waals surface area contributed by atoms with Gasteiger partial charge in [-0.2, -0.15) is 0 Å². The fourth-order valence-corrected chi connectivity index (χ4v) is 0.387. The number of anilines is 1. The van der Waals surface area contributed by atoms with Crippen LogP contribution in [0, 0.1) is 0 Å². The molecule has 0 radical (unpaired) electrons. The van der Waals surface area contributed by atoms with Crippen LogP contribution in [-0.4, -0.2) is 9.97 Å². The molecule has 0 saturated heterocycles. The second-order valence-corrected chi connectivity index (χ2v) is 1.48. The Balaban J connectivity index is 3.12. The minimum absolute atomic E-state index is 0.349. The number of aromatic amines is 1. The van der Waals surface area contributed by atoms with Crippen LogP contribution in [0.1, 0.15) is 0 Å². The monoisotopic (exact) mass is 117 g/mol. The number of imidazole rings is 1. The van der Waals surface area contributed by atoms with Crippen LogP contribution in [0.25, 0.3) is 0 Å². The molecule has 0 saturated carbocycles. The highest BCUT2D eigenvalue weighted by Crippen LogP contribution is 2.09. The van der Waals surface area contributed by atoms with Crippen molar-refractivity contribution in [2.24, 2.45) is 0 Å². The third-order valence-corrected chi connectivity index (χ3v) is 0.923. The standard InChI is InChI=1S/C3H4ClN3/c4-2-3(5)7-1-6-2/h1H,5H2,(H,6,7). The lowest BCUT2D eigenvalue weighted by atomic mass is 10.8. The van der Waals surface area contributed by atoms with Gasteiger partial charge in [0.05, 0.1) is 6.33 Å². The van der Waals surface area contributed by atoms with Crippen LogP contribution in [0.5, 0.6) is 0 Å². The molecule has 0 spiro atoms. The minimum Gasteiger partial charge on any atom is -0.381 e. The molecule has 1 aromatic rings. The van der Waals surface area contributed by atoms with Gasteiger partial charge in [-0.05, 0) is 0 Å². The first kappa shape index (κ1) is 4.46. The lowest BCUT2D eigenvalue weighted by Gasteiger charge is -1.76. The highest BCUT2D eigenvalue weighted by atomic mass is 35.5. The van der Waals surface area contributed by atoms with E-state index in [0.717, 1.165) is 0 Å². The summed E-state index contributed by atoms with van der Waals surface area (Å²) in [4.78, 5) is 6.20. The summed E-state index contributed by atoms with van der Waals surface area (Å²) in [5, 5.41) is 0.403. The van der Waals surface area contributed by atoms with Gasteiger partial charge in [0.1, 0.15) is 5.15 Å². The largest absolute Gasteiger partial charge is 0.381 e. The zero-order valence-electron chi connectivity index (χ0n) is 3.48. The Morgan fingerprint density at radius 2 is 2.57 bits per heavy atom. The molecular weight excluding hydrogens is 114 g/mol. The van der Waals surface area contributed by atoms with Crippen molar-refractivity contribution in [3.05, 3.63) is 11.5 Å². The van der Waals surface area contributed by atoms with E-state index in [9.17, 15) is 0 Å². The Kier molecular flexibility index (Phi) is 0.906. The second kappa shape index (κ2) is 1.42. The normalized spacial score (nSPS) is 9.29. The number of halogens is 1. The fourth-order valence-electron chi connectivity index (χ4n) is 0.289. The van der Waals surface area contributed by atoms with E-state index in [0.29, 0.717) is 11.0 Å². The topological polar surface area (TPSA) is 54.7 Å². The first-order valence-electron chi connectivity index (χ1n) is 1.75. The molecule has 3 nitrogen and oxygen atoms in total. The third-order valence-electron chi connectivity index (χ3n) is 0.620. The SMILES string of the molecule is Nc1nc[nH]c1Cl. The van der Waals surface area contributed by atoms with Crippen molar-refractivity contribution in [1.82, 2.24) is 9.97 Å². The first-order valence-corrected chi connectivity index (χ1v) is 2.13. The van der Waals surface area contributed by atoms with Gasteiger partial charge < -0.3 is 10.7 Å². The molecule has 7 heavy (non-hydrogen) atoms. The summed E-state index contributed by atoms with van der Waals surface area (Å²) in [6.07, 6.45) is 1.44. The lowest BCUT2D eigenvalue weighted by Crippen LogP contribution is -1.82. The molecule has 0 aliphatic carbocycles. The minimum atomic E-state index is 0.349. The van der Waals surface area contributed by atoms with E-state index in [1.807, 2.05) is 0 Å². The Morgan fingerprint density at radius 1 is 1.86 bits per heavy atom. The van der Waals surface area contributed by atoms with Gasteiger partial charge in [0, 0.05) is 0 Å². The summed E-state index contributed by atoms with van der Waals surface area (Å²) >= 11 is 5.38. The van der Waals surface area contributed by atoms with Crippen molar-refractivity contribution >= 4 is 17.4 Å². The van der Waals surface area contributed by atoms with Crippen molar-refractivity contribution in [1.29, 1.82) is 0 Å². The molecule has 1 heterocycles. The molecule has 38 valence electrons. The molecule has 0 atom stereocenters. The Hall–Kier alpha value is -0.700. The molecule has 0 amide bonds. The maximum atomic E-state index is 5.38. The first-order chi connectivity index (χ1) is 3.30. The highest BCUT2D eigenvalue weighted by Gasteiger charge is 1.91. The number of nitrogens with zero attached hydrogens (tertiary/aromatic N) is 1. The van der Waals surface area contributed by atoms with E-state index in [4.69, 9.17) is 17.3 Å². The number of nitrogens with two attached hydrogens (primary N) is 1. The van der Waals surface area contributed by atoms with E-state index < -0.39 is 0 Å². The van der Waals surface area contributed by atoms with Crippen LogP contribution in [-0.2, 0) is 0 Å². The molecule has 0 unspecified atom stereocenters. The zero-order chi connectivity index (χ0) is 5.28. The summed E-state index contributed by atoms with van der Waals surface area (Å²) in [5.74, 6) is 0.349. The zero-order valence-corrected chi connectivity index (χ0v) is 4.24. The molecule has 4 heteroatoms. The number of nitrogen functional groups attached to an aromatic ring is 1. The smallest absolute Gasteiger partial charge is 0.160 e. The molecule has 0 aromatic carbocycles. The summed E-state index contributed by atoms with van der Waals surface area (Å²) in [7, 11) is 0. The van der Waals surface area contributed by atoms with Crippen molar-refractivity contribution in [2.75, 3.05) is 5.73 Å². The number of hydrogen-bond donors (Lipinski definition) is 2. The maximum Gasteiger partial charge on any atom is 0.160 e. The molecular formula is C3H4ClN3. The summed E-state index contributed by atoms with van der Waals surface area (Å²) in [5.41, 5.74) is 5.17. The number of hydrogen-bond acceptors (Lipinski definition) is 2. The Morgan fingerprint density at radius 3 is 2.71 bits per heavy atom. The molecule has 3 N–H and O–H groups in total. The van der Waals surface area contributed by atoms with Crippen molar-refractivity contribution in [2.45, 2.75) is 0 Å². The number of aromatic nitrogens is 2. The molecule has 0 aliphatic heterocycles. The van der Waals surface area contributed by atoms with Gasteiger partial charge in [-0.15, -0.1) is 0 Å². The predicted molar refractivity (Wildman–Crippen MR) is 28.0 cm³/mol. The van der Waals surface area contributed by atoms with E-state index in [1.165, 1.54) is 6.33 Å². The fraction of sp³-hybridized carbons (Fsp3) is 0. The summed E-state index contributed by atoms with van der Waals surface area (Å²) in [6, 6.07) is 0. The lowest BCUT2D eigenvalue weighted by molar-refractivity contribution is 1.32. The average molecular weight is 118 g/mol. The number of rotatable bonds is 0. The third kappa shape index (κ3) is 0.667. The van der Waals surface area contributed by atoms with Crippen LogP contribution in [0.2, 0.25) is 5.15 Å². The van der Waals surface area contributed by atoms with E-state index >= 15 is 0 Å². The number of nitrogens with one attached hydrogen (secondary N) is 1. The molecule has 0 aliphatic rings. The quantitative estimate of drug-likeness (QED) is 0.524. The number of H-pyrrole nitrogens is 1. The van der Waals surface area contributed by atoms with Crippen molar-refractivity contribution < 1.29 is 0 Å². The Bertz CT molecular complexity index is 142. The van der Waals surface area contributed by atoms with Gasteiger partial charge in [-0.1, -0.05) is 11.6 Å². The Labute approximate surface area is 45.5 Å². The maximum absolute atomic E-state index is 5.38. The van der Waals surface area contributed by atoms with E-state index in [2.05, 4.69) is 9.97 Å². The second-order valence-electron chi connectivity index (χ2n) is 1.10. The van der Waals surface area contributed by atoms with Crippen LogP contribution < -0.4 is 5.73 Å². The van der Waals surface area contributed by atoms with Crippen LogP contribution in [0.4, 0.5) is 5.82 Å². The van der Waals surface area contributed by atoms with Crippen LogP contribution >= 0.6 is 11.6 Å². The summed E-state index contributed by atoms with van der Waals surface area (Å²) < 4.78 is 0. The van der Waals surface area contributed by atoms with Gasteiger partial charge >= 0.3 is 0 Å². The van der Waals surface area contributed by atoms with Gasteiger partial charge in [-0.3, -0.25) is 0 Å². The molecule has 1 rings (SSSR count). The highest BCUT2D eigenvalue weighted by molar-refractivity contribution is 6.31. The van der Waals surface area contributed by atoms with Crippen LogP contribution in [0.15, 0.2) is 6.33 Å². The van der Waals surface area contributed by atoms with E-state index in [1.54, 1.807) is 0 Å². The van der Waals surface area contributed by atoms with Crippen molar-refractivity contribution in [3.63, 3.8) is 0 Å². The van der Waals surface area contributed by atoms with E-state index in [-0.39, 0.29) is 0 Å². The molecule has 0 fully saturated rings. The van der Waals surface area contributed by atoms with Gasteiger partial charge in [-0.25, -0.2) is 4.98 Å². The average Bonchev–Trinajstić information content (AvgIpc) is 1.91. The predicted octanol–water partition coefficient (Wildman–Crippen LogP) is 0.645. The molecule has 0 bridgehead atoms. The van der Waals surface area contributed by atoms with Gasteiger partial charge in [0.25, 0.3) is 0 Å². The van der Waals surface area contributed by atoms with Crippen molar-refractivity contribution in [3.8, 4) is 0 Å². The van der Waals surface area contributed by atoms with Gasteiger partial charge in [0.2, 0.25) is 0 Å². The van der Waals surface area contributed by atoms with Gasteiger partial charge in [0.15, 0.2) is 5.82 Å². The summed E-state index contributed by atoms with van der Waals surface area (Å²) in [6.45, 7) is 0. The van der Waals surface area contributed by atoms with Crippen LogP contribution in [0.3, 0.4) is 0 Å². The molecule has 1 aromatic heterocycles.